The zero-order valence-electron chi connectivity index (χ0n) is 12.0. The van der Waals surface area contributed by atoms with Gasteiger partial charge in [0.25, 0.3) is 0 Å². The third-order valence-electron chi connectivity index (χ3n) is 3.58. The molecule has 5 nitrogen and oxygen atoms in total. The lowest BCUT2D eigenvalue weighted by Gasteiger charge is -2.09. The third kappa shape index (κ3) is 4.28. The molecule has 1 aliphatic heterocycles. The van der Waals surface area contributed by atoms with Crippen LogP contribution in [-0.2, 0) is 17.7 Å². The quantitative estimate of drug-likeness (QED) is 0.581. The molecule has 0 aliphatic carbocycles. The Hall–Kier alpha value is -1.40. The summed E-state index contributed by atoms with van der Waals surface area (Å²) in [6, 6.07) is 10.6. The molecule has 1 fully saturated rings. The molecule has 21 heavy (non-hydrogen) atoms. The summed E-state index contributed by atoms with van der Waals surface area (Å²) in [4.78, 5) is 0. The Morgan fingerprint density at radius 2 is 2.19 bits per heavy atom. The fourth-order valence-electron chi connectivity index (χ4n) is 2.48. The first-order valence-electron chi connectivity index (χ1n) is 7.46. The van der Waals surface area contributed by atoms with E-state index in [1.165, 1.54) is 5.56 Å². The van der Waals surface area contributed by atoms with Crippen LogP contribution < -0.4 is 0 Å². The zero-order valence-corrected chi connectivity index (χ0v) is 12.8. The number of hydrogen-bond acceptors (Lipinski definition) is 5. The molecule has 3 rings (SSSR count). The van der Waals surface area contributed by atoms with Crippen molar-refractivity contribution in [1.82, 2.24) is 20.2 Å². The molecule has 1 unspecified atom stereocenters. The number of thioether (sulfide) groups is 1. The topological polar surface area (TPSA) is 52.8 Å². The van der Waals surface area contributed by atoms with Crippen LogP contribution >= 0.6 is 11.8 Å². The first-order valence-corrected chi connectivity index (χ1v) is 8.45. The van der Waals surface area contributed by atoms with Gasteiger partial charge in [-0.2, -0.15) is 0 Å². The van der Waals surface area contributed by atoms with E-state index in [-0.39, 0.29) is 6.10 Å². The predicted molar refractivity (Wildman–Crippen MR) is 82.3 cm³/mol. The Labute approximate surface area is 129 Å². The van der Waals surface area contributed by atoms with E-state index >= 15 is 0 Å². The van der Waals surface area contributed by atoms with Crippen LogP contribution in [0.15, 0.2) is 35.5 Å². The van der Waals surface area contributed by atoms with E-state index in [1.54, 1.807) is 11.8 Å². The highest BCUT2D eigenvalue weighted by Crippen LogP contribution is 2.19. The van der Waals surface area contributed by atoms with Crippen LogP contribution in [0.5, 0.6) is 0 Å². The summed E-state index contributed by atoms with van der Waals surface area (Å²) in [7, 11) is 0. The molecule has 1 aromatic heterocycles. The Morgan fingerprint density at radius 3 is 3.00 bits per heavy atom. The Balaban J connectivity index is 1.44. The summed E-state index contributed by atoms with van der Waals surface area (Å²) in [6.07, 6.45) is 4.75. The first kappa shape index (κ1) is 14.5. The van der Waals surface area contributed by atoms with Gasteiger partial charge in [-0.05, 0) is 41.7 Å². The number of aryl methyl sites for hydroxylation is 1. The third-order valence-corrected chi connectivity index (χ3v) is 4.63. The van der Waals surface area contributed by atoms with Crippen molar-refractivity contribution in [2.75, 3.05) is 12.4 Å². The Bertz CT molecular complexity index is 540. The molecule has 1 atom stereocenters. The average Bonchev–Trinajstić information content (AvgIpc) is 3.18. The standard InChI is InChI=1S/C15H20N4OS/c1-2-6-13(7-3-1)8-5-11-21-15-16-17-18-19(15)12-14-9-4-10-20-14/h1-3,6-7,14H,4-5,8-12H2. The maximum Gasteiger partial charge on any atom is 0.209 e. The maximum absolute atomic E-state index is 5.64. The number of rotatable bonds is 7. The maximum atomic E-state index is 5.64. The molecule has 6 heteroatoms. The molecular formula is C15H20N4OS. The molecule has 0 N–H and O–H groups in total. The first-order chi connectivity index (χ1) is 10.4. The molecule has 0 saturated carbocycles. The van der Waals surface area contributed by atoms with Gasteiger partial charge in [0.15, 0.2) is 0 Å². The van der Waals surface area contributed by atoms with Crippen molar-refractivity contribution in [3.63, 3.8) is 0 Å². The van der Waals surface area contributed by atoms with Crippen molar-refractivity contribution in [2.45, 2.75) is 43.5 Å². The van der Waals surface area contributed by atoms with Crippen LogP contribution in [0.2, 0.25) is 0 Å². The average molecular weight is 304 g/mol. The second-order valence-corrected chi connectivity index (χ2v) is 6.28. The van der Waals surface area contributed by atoms with Crippen LogP contribution in [0.4, 0.5) is 0 Å². The molecule has 112 valence electrons. The van der Waals surface area contributed by atoms with Gasteiger partial charge in [-0.3, -0.25) is 0 Å². The largest absolute Gasteiger partial charge is 0.376 e. The summed E-state index contributed by atoms with van der Waals surface area (Å²) < 4.78 is 7.52. The summed E-state index contributed by atoms with van der Waals surface area (Å²) in [5.41, 5.74) is 1.39. The van der Waals surface area contributed by atoms with E-state index in [9.17, 15) is 0 Å². The van der Waals surface area contributed by atoms with Crippen LogP contribution in [0.3, 0.4) is 0 Å². The van der Waals surface area contributed by atoms with Gasteiger partial charge >= 0.3 is 0 Å². The molecule has 2 heterocycles. The fourth-order valence-corrected chi connectivity index (χ4v) is 3.31. The van der Waals surface area contributed by atoms with E-state index < -0.39 is 0 Å². The van der Waals surface area contributed by atoms with Gasteiger partial charge in [0.1, 0.15) is 0 Å². The number of benzene rings is 1. The highest BCUT2D eigenvalue weighted by molar-refractivity contribution is 7.99. The summed E-state index contributed by atoms with van der Waals surface area (Å²) in [6.45, 7) is 1.64. The van der Waals surface area contributed by atoms with Crippen LogP contribution in [0.25, 0.3) is 0 Å². The number of aromatic nitrogens is 4. The van der Waals surface area contributed by atoms with Crippen molar-refractivity contribution < 1.29 is 4.74 Å². The lowest BCUT2D eigenvalue weighted by Crippen LogP contribution is -2.16. The molecule has 0 spiro atoms. The fraction of sp³-hybridized carbons (Fsp3) is 0.533. The second kappa shape index (κ2) is 7.56. The molecule has 1 aliphatic rings. The number of tetrazole rings is 1. The highest BCUT2D eigenvalue weighted by atomic mass is 32.2. The van der Waals surface area contributed by atoms with Gasteiger partial charge in [0.05, 0.1) is 12.6 Å². The van der Waals surface area contributed by atoms with Crippen LogP contribution in [-0.4, -0.2) is 38.7 Å². The number of hydrogen-bond donors (Lipinski definition) is 0. The van der Waals surface area contributed by atoms with Crippen LogP contribution in [0.1, 0.15) is 24.8 Å². The normalized spacial score (nSPS) is 18.2. The lowest BCUT2D eigenvalue weighted by molar-refractivity contribution is 0.0912. The molecule has 1 saturated heterocycles. The summed E-state index contributed by atoms with van der Waals surface area (Å²) in [5, 5.41) is 12.9. The van der Waals surface area contributed by atoms with Gasteiger partial charge in [-0.15, -0.1) is 5.10 Å². The molecule has 1 aromatic carbocycles. The van der Waals surface area contributed by atoms with Gasteiger partial charge < -0.3 is 4.74 Å². The Kier molecular flexibility index (Phi) is 5.23. The minimum Gasteiger partial charge on any atom is -0.376 e. The lowest BCUT2D eigenvalue weighted by atomic mass is 10.1. The van der Waals surface area contributed by atoms with E-state index in [1.807, 2.05) is 4.68 Å². The number of nitrogens with zero attached hydrogens (tertiary/aromatic N) is 4. The number of ether oxygens (including phenoxy) is 1. The molecule has 2 aromatic rings. The van der Waals surface area contributed by atoms with Crippen molar-refractivity contribution in [3.05, 3.63) is 35.9 Å². The minimum atomic E-state index is 0.275. The van der Waals surface area contributed by atoms with Crippen molar-refractivity contribution >= 4 is 11.8 Å². The van der Waals surface area contributed by atoms with Gasteiger partial charge in [-0.1, -0.05) is 42.1 Å². The molecule has 0 amide bonds. The Morgan fingerprint density at radius 1 is 1.29 bits per heavy atom. The van der Waals surface area contributed by atoms with Gasteiger partial charge in [-0.25, -0.2) is 4.68 Å². The summed E-state index contributed by atoms with van der Waals surface area (Å²) >= 11 is 1.73. The predicted octanol–water partition coefficient (Wildman–Crippen LogP) is 2.58. The van der Waals surface area contributed by atoms with E-state index in [2.05, 4.69) is 45.9 Å². The summed E-state index contributed by atoms with van der Waals surface area (Å²) in [5.74, 6) is 1.03. The van der Waals surface area contributed by atoms with Gasteiger partial charge in [0, 0.05) is 12.4 Å². The second-order valence-electron chi connectivity index (χ2n) is 5.22. The van der Waals surface area contributed by atoms with Crippen molar-refractivity contribution in [2.24, 2.45) is 0 Å². The van der Waals surface area contributed by atoms with Crippen molar-refractivity contribution in [3.8, 4) is 0 Å². The van der Waals surface area contributed by atoms with E-state index in [0.717, 1.165) is 49.7 Å². The molecular weight excluding hydrogens is 284 g/mol. The highest BCUT2D eigenvalue weighted by Gasteiger charge is 2.18. The monoisotopic (exact) mass is 304 g/mol. The molecule has 0 bridgehead atoms. The SMILES string of the molecule is c1ccc(CCCSc2nnnn2CC2CCCO2)cc1. The van der Waals surface area contributed by atoms with Crippen molar-refractivity contribution in [1.29, 1.82) is 0 Å². The zero-order chi connectivity index (χ0) is 14.3. The van der Waals surface area contributed by atoms with Gasteiger partial charge in [0.2, 0.25) is 5.16 Å². The smallest absolute Gasteiger partial charge is 0.209 e. The minimum absolute atomic E-state index is 0.275. The van der Waals surface area contributed by atoms with E-state index in [0.29, 0.717) is 0 Å². The van der Waals surface area contributed by atoms with E-state index in [4.69, 9.17) is 4.74 Å². The van der Waals surface area contributed by atoms with Crippen LogP contribution in [0, 0.1) is 0 Å². The molecule has 0 radical (unpaired) electrons.